The van der Waals surface area contributed by atoms with Crippen molar-refractivity contribution in [3.63, 3.8) is 0 Å². The van der Waals surface area contributed by atoms with Crippen molar-refractivity contribution in [1.29, 1.82) is 0 Å². The van der Waals surface area contributed by atoms with Gasteiger partial charge < -0.3 is 9.22 Å². The van der Waals surface area contributed by atoms with E-state index < -0.39 is 11.1 Å². The van der Waals surface area contributed by atoms with E-state index in [4.69, 9.17) is 4.74 Å². The zero-order valence-electron chi connectivity index (χ0n) is 8.56. The van der Waals surface area contributed by atoms with Crippen LogP contribution < -0.4 is 0 Å². The Balaban J connectivity index is 3.46. The molecule has 0 aliphatic rings. The number of likely N-dealkylation sites (N-methyl/N-ethyl adjacent to an activating group) is 1. The van der Waals surface area contributed by atoms with Crippen LogP contribution in [0, 0.1) is 10.1 Å². The fourth-order valence-electron chi connectivity index (χ4n) is 0.603. The van der Waals surface area contributed by atoms with Crippen LogP contribution in [-0.2, 0) is 14.4 Å². The third-order valence-corrected chi connectivity index (χ3v) is 1.30. The molecule has 0 N–H and O–H groups in total. The Kier molecular flexibility index (Phi) is 5.03. The van der Waals surface area contributed by atoms with Crippen molar-refractivity contribution in [2.75, 3.05) is 40.9 Å². The van der Waals surface area contributed by atoms with Gasteiger partial charge in [0, 0.05) is 0 Å². The molecule has 14 heavy (non-hydrogen) atoms. The molecule has 0 aromatic heterocycles. The minimum atomic E-state index is -1.15. The van der Waals surface area contributed by atoms with Crippen molar-refractivity contribution in [1.82, 2.24) is 0 Å². The van der Waals surface area contributed by atoms with Crippen LogP contribution in [0.5, 0.6) is 0 Å². The standard InChI is InChI=1S/C7H15N2O5/c1-9(2,3)4-5-13-6-7(10)14-8(11)12/h4-6H2,1-3H3/q+1. The maximum absolute atomic E-state index is 10.6. The smallest absolute Gasteiger partial charge is 0.329 e. The molecule has 0 aliphatic heterocycles. The first-order valence-corrected chi connectivity index (χ1v) is 4.04. The summed E-state index contributed by atoms with van der Waals surface area (Å²) in [6.45, 7) is 0.684. The van der Waals surface area contributed by atoms with Gasteiger partial charge in [0.25, 0.3) is 0 Å². The third-order valence-electron chi connectivity index (χ3n) is 1.30. The van der Waals surface area contributed by atoms with E-state index in [1.807, 2.05) is 21.1 Å². The second-order valence-electron chi connectivity index (χ2n) is 3.75. The van der Waals surface area contributed by atoms with E-state index in [1.165, 1.54) is 0 Å². The van der Waals surface area contributed by atoms with E-state index in [0.29, 0.717) is 17.6 Å². The van der Waals surface area contributed by atoms with Crippen molar-refractivity contribution in [3.05, 3.63) is 10.1 Å². The van der Waals surface area contributed by atoms with E-state index in [-0.39, 0.29) is 6.61 Å². The summed E-state index contributed by atoms with van der Waals surface area (Å²) in [7, 11) is 5.91. The molecule has 0 heterocycles. The number of ether oxygens (including phenoxy) is 1. The van der Waals surface area contributed by atoms with Crippen LogP contribution in [0.4, 0.5) is 0 Å². The van der Waals surface area contributed by atoms with Gasteiger partial charge in [-0.2, -0.15) is 0 Å². The van der Waals surface area contributed by atoms with E-state index in [0.717, 1.165) is 0 Å². The van der Waals surface area contributed by atoms with Gasteiger partial charge in [0.05, 0.1) is 27.7 Å². The molecule has 0 rings (SSSR count). The lowest BCUT2D eigenvalue weighted by molar-refractivity contribution is -0.870. The van der Waals surface area contributed by atoms with E-state index >= 15 is 0 Å². The zero-order chi connectivity index (χ0) is 11.2. The van der Waals surface area contributed by atoms with Crippen LogP contribution in [0.15, 0.2) is 0 Å². The third kappa shape index (κ3) is 8.88. The predicted molar refractivity (Wildman–Crippen MR) is 46.8 cm³/mol. The Morgan fingerprint density at radius 3 is 2.43 bits per heavy atom. The van der Waals surface area contributed by atoms with Crippen molar-refractivity contribution in [3.8, 4) is 0 Å². The Morgan fingerprint density at radius 1 is 1.43 bits per heavy atom. The summed E-state index contributed by atoms with van der Waals surface area (Å²) in [5.41, 5.74) is 0. The van der Waals surface area contributed by atoms with Gasteiger partial charge in [0.2, 0.25) is 0 Å². The van der Waals surface area contributed by atoms with Gasteiger partial charge in [-0.05, 0) is 0 Å². The highest BCUT2D eigenvalue weighted by molar-refractivity contribution is 5.69. The topological polar surface area (TPSA) is 78.7 Å². The lowest BCUT2D eigenvalue weighted by atomic mass is 10.5. The number of carbonyl (C=O) groups excluding carboxylic acids is 1. The molecule has 0 saturated heterocycles. The fraction of sp³-hybridized carbons (Fsp3) is 0.857. The summed E-state index contributed by atoms with van der Waals surface area (Å²) in [6.07, 6.45) is 0. The maximum atomic E-state index is 10.6. The van der Waals surface area contributed by atoms with E-state index in [2.05, 4.69) is 4.84 Å². The molecule has 7 heteroatoms. The zero-order valence-corrected chi connectivity index (χ0v) is 8.56. The highest BCUT2D eigenvalue weighted by atomic mass is 17.0. The predicted octanol–water partition coefficient (Wildman–Crippen LogP) is -0.556. The fourth-order valence-corrected chi connectivity index (χ4v) is 0.603. The largest absolute Gasteiger partial charge is 0.366 e. The van der Waals surface area contributed by atoms with Gasteiger partial charge in [-0.15, -0.1) is 10.1 Å². The first kappa shape index (κ1) is 12.8. The van der Waals surface area contributed by atoms with Crippen LogP contribution >= 0.6 is 0 Å². The SMILES string of the molecule is C[N+](C)(C)CCOCC(=O)O[N+](=O)[O-]. The summed E-state index contributed by atoms with van der Waals surface area (Å²) in [5, 5.41) is 8.56. The van der Waals surface area contributed by atoms with E-state index in [1.54, 1.807) is 0 Å². The van der Waals surface area contributed by atoms with Crippen LogP contribution in [0.2, 0.25) is 0 Å². The summed E-state index contributed by atoms with van der Waals surface area (Å²) in [6, 6.07) is 0. The lowest BCUT2D eigenvalue weighted by Crippen LogP contribution is -2.38. The second kappa shape index (κ2) is 5.51. The number of quaternary nitrogens is 1. The Morgan fingerprint density at radius 2 is 2.00 bits per heavy atom. The molecule has 0 aromatic carbocycles. The Labute approximate surface area is 81.9 Å². The number of rotatable bonds is 6. The molecule has 0 saturated carbocycles. The Hall–Kier alpha value is -1.21. The van der Waals surface area contributed by atoms with Crippen molar-refractivity contribution in [2.45, 2.75) is 0 Å². The number of hydrogen-bond acceptors (Lipinski definition) is 5. The van der Waals surface area contributed by atoms with E-state index in [9.17, 15) is 14.9 Å². The minimum absolute atomic E-state index is 0.357. The van der Waals surface area contributed by atoms with Crippen LogP contribution in [0.3, 0.4) is 0 Å². The van der Waals surface area contributed by atoms with Gasteiger partial charge >= 0.3 is 11.1 Å². The molecule has 0 unspecified atom stereocenters. The first-order valence-electron chi connectivity index (χ1n) is 4.04. The average molecular weight is 207 g/mol. The highest BCUT2D eigenvalue weighted by Gasteiger charge is 2.09. The monoisotopic (exact) mass is 207 g/mol. The van der Waals surface area contributed by atoms with Gasteiger partial charge in [-0.3, -0.25) is 4.79 Å². The van der Waals surface area contributed by atoms with Crippen molar-refractivity contribution >= 4 is 5.97 Å². The molecule has 0 aliphatic carbocycles. The molecule has 0 radical (unpaired) electrons. The van der Waals surface area contributed by atoms with Gasteiger partial charge in [-0.25, -0.2) is 4.84 Å². The second-order valence-corrected chi connectivity index (χ2v) is 3.75. The molecule has 0 aromatic rings. The number of hydrogen-bond donors (Lipinski definition) is 0. The molecule has 0 spiro atoms. The van der Waals surface area contributed by atoms with Gasteiger partial charge in [0.1, 0.15) is 13.2 Å². The minimum Gasteiger partial charge on any atom is -0.366 e. The Bertz CT molecular complexity index is 211. The van der Waals surface area contributed by atoms with Crippen LogP contribution in [0.25, 0.3) is 0 Å². The molecular weight excluding hydrogens is 192 g/mol. The highest BCUT2D eigenvalue weighted by Crippen LogP contribution is 1.90. The molecular formula is C7H15N2O5+. The average Bonchev–Trinajstić information content (AvgIpc) is 1.95. The molecule has 0 fully saturated rings. The van der Waals surface area contributed by atoms with Crippen molar-refractivity contribution in [2.24, 2.45) is 0 Å². The molecule has 7 nitrogen and oxygen atoms in total. The van der Waals surface area contributed by atoms with Gasteiger partial charge in [0.15, 0.2) is 0 Å². The number of carbonyl (C=O) groups is 1. The van der Waals surface area contributed by atoms with Gasteiger partial charge in [-0.1, -0.05) is 0 Å². The van der Waals surface area contributed by atoms with Crippen LogP contribution in [0.1, 0.15) is 0 Å². The summed E-state index contributed by atoms with van der Waals surface area (Å²) >= 11 is 0. The summed E-state index contributed by atoms with van der Waals surface area (Å²) < 4.78 is 5.58. The molecule has 0 bridgehead atoms. The molecule has 0 atom stereocenters. The quantitative estimate of drug-likeness (QED) is 0.252. The number of nitrogens with zero attached hydrogens (tertiary/aromatic N) is 2. The summed E-state index contributed by atoms with van der Waals surface area (Å²) in [4.78, 5) is 23.9. The molecule has 0 amide bonds. The maximum Gasteiger partial charge on any atom is 0.329 e. The van der Waals surface area contributed by atoms with Crippen molar-refractivity contribution < 1.29 is 23.9 Å². The lowest BCUT2D eigenvalue weighted by Gasteiger charge is -2.23. The summed E-state index contributed by atoms with van der Waals surface area (Å²) in [5.74, 6) is -0.989. The molecule has 82 valence electrons. The first-order chi connectivity index (χ1) is 6.31. The normalized spacial score (nSPS) is 11.1. The van der Waals surface area contributed by atoms with Crippen LogP contribution in [-0.4, -0.2) is 56.4 Å².